The first-order valence-electron chi connectivity index (χ1n) is 5.71. The first-order valence-corrected chi connectivity index (χ1v) is 7.20. The molecule has 0 fully saturated rings. The van der Waals surface area contributed by atoms with Crippen molar-refractivity contribution in [1.82, 2.24) is 19.7 Å². The first kappa shape index (κ1) is 13.4. The lowest BCUT2D eigenvalue weighted by molar-refractivity contribution is 0.626. The molecule has 0 aliphatic rings. The van der Waals surface area contributed by atoms with Gasteiger partial charge in [-0.1, -0.05) is 6.07 Å². The molecule has 1 N–H and O–H groups in total. The fraction of sp³-hybridized carbons (Fsp3) is 0. The highest BCUT2D eigenvalue weighted by molar-refractivity contribution is 14.1. The zero-order chi connectivity index (χ0) is 14.1. The van der Waals surface area contributed by atoms with Gasteiger partial charge in [0.25, 0.3) is 0 Å². The lowest BCUT2D eigenvalue weighted by atomic mass is 10.3. The summed E-state index contributed by atoms with van der Waals surface area (Å²) in [7, 11) is 0. The number of aromatic nitrogens is 4. The van der Waals surface area contributed by atoms with E-state index in [1.807, 2.05) is 18.2 Å². The SMILES string of the molecule is Fc1ccc(-n2c(-c3ccccn3)n[nH]c2=S)c(I)c1. The van der Waals surface area contributed by atoms with Crippen molar-refractivity contribution in [3.8, 4) is 17.2 Å². The van der Waals surface area contributed by atoms with Gasteiger partial charge in [0, 0.05) is 9.77 Å². The van der Waals surface area contributed by atoms with Gasteiger partial charge < -0.3 is 0 Å². The molecule has 0 atom stereocenters. The van der Waals surface area contributed by atoms with Crippen LogP contribution in [0.15, 0.2) is 42.6 Å². The van der Waals surface area contributed by atoms with Crippen LogP contribution in [0.25, 0.3) is 17.2 Å². The Hall–Kier alpha value is -1.61. The molecule has 3 rings (SSSR count). The Morgan fingerprint density at radius 2 is 2.10 bits per heavy atom. The van der Waals surface area contributed by atoms with Crippen LogP contribution >= 0.6 is 34.8 Å². The van der Waals surface area contributed by atoms with Gasteiger partial charge in [0.15, 0.2) is 10.6 Å². The second-order valence-corrected chi connectivity index (χ2v) is 5.55. The number of aromatic amines is 1. The van der Waals surface area contributed by atoms with Crippen LogP contribution < -0.4 is 0 Å². The van der Waals surface area contributed by atoms with E-state index >= 15 is 0 Å². The van der Waals surface area contributed by atoms with Crippen molar-refractivity contribution in [3.63, 3.8) is 0 Å². The molecule has 0 radical (unpaired) electrons. The molecule has 0 amide bonds. The molecule has 0 saturated carbocycles. The number of hydrogen-bond acceptors (Lipinski definition) is 3. The van der Waals surface area contributed by atoms with E-state index in [2.05, 4.69) is 37.8 Å². The molecule has 0 aliphatic carbocycles. The van der Waals surface area contributed by atoms with E-state index in [9.17, 15) is 4.39 Å². The van der Waals surface area contributed by atoms with Gasteiger partial charge in [-0.15, -0.1) is 0 Å². The summed E-state index contributed by atoms with van der Waals surface area (Å²) in [4.78, 5) is 4.27. The maximum absolute atomic E-state index is 13.2. The number of nitrogens with zero attached hydrogens (tertiary/aromatic N) is 3. The molecule has 2 heterocycles. The lowest BCUT2D eigenvalue weighted by Gasteiger charge is -2.08. The van der Waals surface area contributed by atoms with Gasteiger partial charge in [0.1, 0.15) is 11.5 Å². The van der Waals surface area contributed by atoms with Gasteiger partial charge in [-0.25, -0.2) is 4.39 Å². The lowest BCUT2D eigenvalue weighted by Crippen LogP contribution is -2.01. The summed E-state index contributed by atoms with van der Waals surface area (Å²) < 4.78 is 16.2. The highest BCUT2D eigenvalue weighted by Gasteiger charge is 2.14. The molecule has 0 spiro atoms. The normalized spacial score (nSPS) is 10.7. The predicted molar refractivity (Wildman–Crippen MR) is 84.7 cm³/mol. The summed E-state index contributed by atoms with van der Waals surface area (Å²) in [5.74, 6) is 0.313. The number of pyridine rings is 1. The van der Waals surface area contributed by atoms with Crippen LogP contribution in [0, 0.1) is 14.2 Å². The Balaban J connectivity index is 2.25. The number of hydrogen-bond donors (Lipinski definition) is 1. The van der Waals surface area contributed by atoms with Crippen LogP contribution in [0.1, 0.15) is 0 Å². The Morgan fingerprint density at radius 1 is 1.25 bits per heavy atom. The smallest absolute Gasteiger partial charge is 0.200 e. The molecule has 0 aliphatic heterocycles. The van der Waals surface area contributed by atoms with Crippen LogP contribution in [0.3, 0.4) is 0 Å². The van der Waals surface area contributed by atoms with Crippen LogP contribution in [0.2, 0.25) is 0 Å². The van der Waals surface area contributed by atoms with Gasteiger partial charge in [0.05, 0.1) is 5.69 Å². The summed E-state index contributed by atoms with van der Waals surface area (Å²) in [5, 5.41) is 6.97. The summed E-state index contributed by atoms with van der Waals surface area (Å²) in [6, 6.07) is 10.1. The minimum absolute atomic E-state index is 0.285. The van der Waals surface area contributed by atoms with E-state index in [-0.39, 0.29) is 5.82 Å². The minimum Gasteiger partial charge on any atom is -0.266 e. The van der Waals surface area contributed by atoms with Gasteiger partial charge in [0.2, 0.25) is 0 Å². The fourth-order valence-corrected chi connectivity index (χ4v) is 2.80. The summed E-state index contributed by atoms with van der Waals surface area (Å²) >= 11 is 7.34. The van der Waals surface area contributed by atoms with E-state index in [1.165, 1.54) is 12.1 Å². The van der Waals surface area contributed by atoms with Gasteiger partial charge >= 0.3 is 0 Å². The highest BCUT2D eigenvalue weighted by atomic mass is 127. The number of halogens is 2. The van der Waals surface area contributed by atoms with Crippen molar-refractivity contribution in [2.24, 2.45) is 0 Å². The third-order valence-corrected chi connectivity index (χ3v) is 3.85. The summed E-state index contributed by atoms with van der Waals surface area (Å²) in [6.07, 6.45) is 1.69. The number of rotatable bonds is 2. The monoisotopic (exact) mass is 398 g/mol. The minimum atomic E-state index is -0.285. The summed E-state index contributed by atoms with van der Waals surface area (Å²) in [5.41, 5.74) is 1.46. The van der Waals surface area contributed by atoms with Crippen molar-refractivity contribution < 1.29 is 4.39 Å². The predicted octanol–water partition coefficient (Wildman–Crippen LogP) is 3.74. The van der Waals surface area contributed by atoms with E-state index < -0.39 is 0 Å². The molecule has 2 aromatic heterocycles. The number of nitrogens with one attached hydrogen (secondary N) is 1. The van der Waals surface area contributed by atoms with Crippen molar-refractivity contribution in [2.45, 2.75) is 0 Å². The molecular formula is C13H8FIN4S. The fourth-order valence-electron chi connectivity index (χ4n) is 1.85. The van der Waals surface area contributed by atoms with E-state index in [1.54, 1.807) is 16.8 Å². The van der Waals surface area contributed by atoms with Gasteiger partial charge in [-0.3, -0.25) is 14.6 Å². The first-order chi connectivity index (χ1) is 9.66. The molecule has 7 heteroatoms. The molecule has 100 valence electrons. The zero-order valence-corrected chi connectivity index (χ0v) is 13.0. The van der Waals surface area contributed by atoms with Crippen LogP contribution in [0.4, 0.5) is 4.39 Å². The third-order valence-electron chi connectivity index (χ3n) is 2.72. The molecular weight excluding hydrogens is 390 g/mol. The molecule has 4 nitrogen and oxygen atoms in total. The summed E-state index contributed by atoms with van der Waals surface area (Å²) in [6.45, 7) is 0. The van der Waals surface area contributed by atoms with Crippen molar-refractivity contribution >= 4 is 34.8 Å². The molecule has 20 heavy (non-hydrogen) atoms. The molecule has 0 unspecified atom stereocenters. The van der Waals surface area contributed by atoms with E-state index in [0.717, 1.165) is 9.26 Å². The molecule has 0 bridgehead atoms. The van der Waals surface area contributed by atoms with Crippen molar-refractivity contribution in [3.05, 3.63) is 56.8 Å². The topological polar surface area (TPSA) is 46.5 Å². The Labute approximate surface area is 132 Å². The van der Waals surface area contributed by atoms with Crippen molar-refractivity contribution in [2.75, 3.05) is 0 Å². The second-order valence-electron chi connectivity index (χ2n) is 4.00. The quantitative estimate of drug-likeness (QED) is 0.529. The third kappa shape index (κ3) is 2.38. The molecule has 1 aromatic carbocycles. The molecule has 3 aromatic rings. The Morgan fingerprint density at radius 3 is 2.80 bits per heavy atom. The van der Waals surface area contributed by atoms with E-state index in [4.69, 9.17) is 12.2 Å². The van der Waals surface area contributed by atoms with Gasteiger partial charge in [-0.05, 0) is 65.1 Å². The van der Waals surface area contributed by atoms with Crippen molar-refractivity contribution in [1.29, 1.82) is 0 Å². The Kier molecular flexibility index (Phi) is 3.62. The standard InChI is InChI=1S/C13H8FIN4S/c14-8-4-5-11(9(15)7-8)19-12(17-18-13(19)20)10-3-1-2-6-16-10/h1-7H,(H,18,20). The maximum Gasteiger partial charge on any atom is 0.200 e. The Bertz CT molecular complexity index is 813. The largest absolute Gasteiger partial charge is 0.266 e. The number of benzene rings is 1. The van der Waals surface area contributed by atoms with Crippen LogP contribution in [0.5, 0.6) is 0 Å². The average Bonchev–Trinajstić information content (AvgIpc) is 2.82. The average molecular weight is 398 g/mol. The van der Waals surface area contributed by atoms with E-state index in [0.29, 0.717) is 16.3 Å². The highest BCUT2D eigenvalue weighted by Crippen LogP contribution is 2.24. The zero-order valence-electron chi connectivity index (χ0n) is 10.0. The van der Waals surface area contributed by atoms with Gasteiger partial charge in [-0.2, -0.15) is 5.10 Å². The molecule has 0 saturated heterocycles. The van der Waals surface area contributed by atoms with Crippen LogP contribution in [-0.4, -0.2) is 19.7 Å². The van der Waals surface area contributed by atoms with Crippen LogP contribution in [-0.2, 0) is 0 Å². The maximum atomic E-state index is 13.2. The second kappa shape index (κ2) is 5.41. The number of H-pyrrole nitrogens is 1.